The van der Waals surface area contributed by atoms with Gasteiger partial charge in [-0.15, -0.1) is 10.2 Å². The molecular formula is C25H29F2N5O2S. The molecule has 0 saturated carbocycles. The number of hydrogen-bond acceptors (Lipinski definition) is 6. The van der Waals surface area contributed by atoms with Crippen molar-refractivity contribution < 1.29 is 17.2 Å². The van der Waals surface area contributed by atoms with Crippen molar-refractivity contribution in [1.29, 1.82) is 0 Å². The third-order valence-corrected chi connectivity index (χ3v) is 9.97. The van der Waals surface area contributed by atoms with Gasteiger partial charge in [-0.1, -0.05) is 36.4 Å². The van der Waals surface area contributed by atoms with Gasteiger partial charge in [0.2, 0.25) is 0 Å². The molecule has 35 heavy (non-hydrogen) atoms. The molecule has 7 nitrogen and oxygen atoms in total. The lowest BCUT2D eigenvalue weighted by atomic mass is 10.0. The molecule has 2 saturated heterocycles. The Morgan fingerprint density at radius 3 is 2.54 bits per heavy atom. The van der Waals surface area contributed by atoms with Crippen molar-refractivity contribution in [3.8, 4) is 0 Å². The van der Waals surface area contributed by atoms with Crippen molar-refractivity contribution in [3.63, 3.8) is 0 Å². The molecule has 2 aliphatic rings. The molecule has 2 aliphatic heterocycles. The van der Waals surface area contributed by atoms with Gasteiger partial charge in [-0.25, -0.2) is 17.2 Å². The van der Waals surface area contributed by atoms with E-state index in [0.29, 0.717) is 30.8 Å². The molecule has 10 heteroatoms. The van der Waals surface area contributed by atoms with E-state index in [9.17, 15) is 12.8 Å². The van der Waals surface area contributed by atoms with Crippen LogP contribution in [0.1, 0.15) is 35.8 Å². The molecular weight excluding hydrogens is 472 g/mol. The van der Waals surface area contributed by atoms with Crippen molar-refractivity contribution in [2.24, 2.45) is 0 Å². The molecule has 5 atom stereocenters. The number of rotatable bonds is 5. The molecule has 1 unspecified atom stereocenters. The lowest BCUT2D eigenvalue weighted by Crippen LogP contribution is -2.53. The van der Waals surface area contributed by atoms with Crippen molar-refractivity contribution in [1.82, 2.24) is 20.1 Å². The maximum absolute atomic E-state index is 15.2. The van der Waals surface area contributed by atoms with E-state index in [2.05, 4.69) is 15.5 Å². The minimum atomic E-state index is -3.55. The summed E-state index contributed by atoms with van der Waals surface area (Å²) in [6, 6.07) is 13.3. The van der Waals surface area contributed by atoms with Crippen LogP contribution in [0.2, 0.25) is 0 Å². The summed E-state index contributed by atoms with van der Waals surface area (Å²) in [5.74, 6) is -0.469. The van der Waals surface area contributed by atoms with Gasteiger partial charge in [0.15, 0.2) is 9.84 Å². The predicted molar refractivity (Wildman–Crippen MR) is 130 cm³/mol. The van der Waals surface area contributed by atoms with Gasteiger partial charge in [0.25, 0.3) is 0 Å². The standard InChI is InChI=1S/C25H29F2N5O2S/c1-17-24(35(33,34)25(13-28-17)18-5-3-2-4-6-18)11-19-7-8-20(12-21(19)26)31-10-9-23(22(27)14-31)32-15-29-30-16-32/h2-8,12,15-17,22-25,28H,9-11,13-14H2,1H3/t17-,22-,23-,24?,25-/m0/s1. The van der Waals surface area contributed by atoms with Crippen LogP contribution in [0.15, 0.2) is 61.2 Å². The van der Waals surface area contributed by atoms with Crippen LogP contribution in [0.25, 0.3) is 0 Å². The van der Waals surface area contributed by atoms with Gasteiger partial charge >= 0.3 is 0 Å². The summed E-state index contributed by atoms with van der Waals surface area (Å²) in [6.45, 7) is 2.87. The molecule has 0 spiro atoms. The van der Waals surface area contributed by atoms with Crippen molar-refractivity contribution >= 4 is 15.5 Å². The van der Waals surface area contributed by atoms with Gasteiger partial charge in [0, 0.05) is 24.8 Å². The molecule has 1 aromatic heterocycles. The van der Waals surface area contributed by atoms with Crippen LogP contribution in [-0.4, -0.2) is 60.3 Å². The number of piperidine rings is 1. The van der Waals surface area contributed by atoms with Crippen LogP contribution in [-0.2, 0) is 16.3 Å². The first-order valence-electron chi connectivity index (χ1n) is 11.9. The van der Waals surface area contributed by atoms with Crippen LogP contribution in [0.3, 0.4) is 0 Å². The number of nitrogens with one attached hydrogen (secondary N) is 1. The third-order valence-electron chi connectivity index (χ3n) is 7.32. The molecule has 0 amide bonds. The average molecular weight is 502 g/mol. The van der Waals surface area contributed by atoms with Gasteiger partial charge in [0.1, 0.15) is 24.6 Å². The van der Waals surface area contributed by atoms with E-state index in [1.807, 2.05) is 42.2 Å². The van der Waals surface area contributed by atoms with Crippen LogP contribution in [0, 0.1) is 5.82 Å². The maximum Gasteiger partial charge on any atom is 0.163 e. The highest BCUT2D eigenvalue weighted by Crippen LogP contribution is 2.34. The summed E-state index contributed by atoms with van der Waals surface area (Å²) < 4.78 is 58.7. The van der Waals surface area contributed by atoms with Gasteiger partial charge in [0.05, 0.1) is 23.1 Å². The first kappa shape index (κ1) is 23.9. The SMILES string of the molecule is C[C@@H]1NC[C@@H](c2ccccc2)S(=O)(=O)C1Cc1ccc(N2CC[C@H](n3cnnc3)[C@@H](F)C2)cc1F. The molecule has 2 aromatic carbocycles. The number of alkyl halides is 1. The number of aromatic nitrogens is 3. The van der Waals surface area contributed by atoms with E-state index >= 15 is 4.39 Å². The minimum Gasteiger partial charge on any atom is -0.368 e. The third kappa shape index (κ3) is 4.69. The van der Waals surface area contributed by atoms with Gasteiger partial charge in [-0.3, -0.25) is 0 Å². The highest BCUT2D eigenvalue weighted by molar-refractivity contribution is 7.92. The molecule has 0 bridgehead atoms. The lowest BCUT2D eigenvalue weighted by Gasteiger charge is -2.37. The summed E-state index contributed by atoms with van der Waals surface area (Å²) in [4.78, 5) is 1.82. The van der Waals surface area contributed by atoms with E-state index in [1.165, 1.54) is 18.7 Å². The van der Waals surface area contributed by atoms with Crippen molar-refractivity contribution in [2.75, 3.05) is 24.5 Å². The molecule has 5 rings (SSSR count). The van der Waals surface area contributed by atoms with E-state index in [1.54, 1.807) is 16.7 Å². The summed E-state index contributed by atoms with van der Waals surface area (Å²) in [6.07, 6.45) is 2.51. The molecule has 0 aliphatic carbocycles. The number of halogens is 2. The van der Waals surface area contributed by atoms with E-state index in [-0.39, 0.29) is 25.0 Å². The number of hydrogen-bond donors (Lipinski definition) is 1. The number of sulfone groups is 1. The Bertz CT molecular complexity index is 1260. The highest BCUT2D eigenvalue weighted by atomic mass is 32.2. The van der Waals surface area contributed by atoms with Crippen LogP contribution >= 0.6 is 0 Å². The smallest absolute Gasteiger partial charge is 0.163 e. The minimum absolute atomic E-state index is 0.0768. The molecule has 3 heterocycles. The monoisotopic (exact) mass is 501 g/mol. The summed E-state index contributed by atoms with van der Waals surface area (Å²) in [5, 5.41) is 9.38. The lowest BCUT2D eigenvalue weighted by molar-refractivity contribution is 0.199. The molecule has 186 valence electrons. The second kappa shape index (κ2) is 9.66. The van der Waals surface area contributed by atoms with E-state index in [0.717, 1.165) is 5.56 Å². The van der Waals surface area contributed by atoms with Crippen molar-refractivity contribution in [2.45, 2.75) is 48.5 Å². The van der Waals surface area contributed by atoms with Gasteiger partial charge in [-0.2, -0.15) is 0 Å². The number of nitrogens with zero attached hydrogens (tertiary/aromatic N) is 4. The van der Waals surface area contributed by atoms with Gasteiger partial charge in [-0.05, 0) is 43.0 Å². The predicted octanol–water partition coefficient (Wildman–Crippen LogP) is 3.27. The second-order valence-electron chi connectivity index (χ2n) is 9.43. The highest BCUT2D eigenvalue weighted by Gasteiger charge is 2.42. The number of benzene rings is 2. The Hall–Kier alpha value is -2.85. The zero-order valence-corrected chi connectivity index (χ0v) is 20.3. The Kier molecular flexibility index (Phi) is 6.59. The molecule has 3 aromatic rings. The summed E-state index contributed by atoms with van der Waals surface area (Å²) in [7, 11) is -3.55. The average Bonchev–Trinajstić information content (AvgIpc) is 3.37. The van der Waals surface area contributed by atoms with Crippen LogP contribution < -0.4 is 10.2 Å². The summed E-state index contributed by atoms with van der Waals surface area (Å²) >= 11 is 0. The van der Waals surface area contributed by atoms with Gasteiger partial charge < -0.3 is 14.8 Å². The molecule has 0 radical (unpaired) electrons. The van der Waals surface area contributed by atoms with E-state index in [4.69, 9.17) is 0 Å². The quantitative estimate of drug-likeness (QED) is 0.578. The fourth-order valence-electron chi connectivity index (χ4n) is 5.26. The Labute approximate surface area is 204 Å². The zero-order chi connectivity index (χ0) is 24.6. The largest absolute Gasteiger partial charge is 0.368 e. The number of anilines is 1. The van der Waals surface area contributed by atoms with Crippen molar-refractivity contribution in [3.05, 3.63) is 78.1 Å². The van der Waals surface area contributed by atoms with Crippen LogP contribution in [0.4, 0.5) is 14.5 Å². The Morgan fingerprint density at radius 2 is 1.86 bits per heavy atom. The normalized spacial score (nSPS) is 28.7. The summed E-state index contributed by atoms with van der Waals surface area (Å²) in [5.41, 5.74) is 1.68. The fraction of sp³-hybridized carbons (Fsp3) is 0.440. The van der Waals surface area contributed by atoms with Crippen LogP contribution in [0.5, 0.6) is 0 Å². The topological polar surface area (TPSA) is 80.1 Å². The zero-order valence-electron chi connectivity index (χ0n) is 19.5. The Balaban J connectivity index is 1.31. The first-order chi connectivity index (χ1) is 16.8. The second-order valence-corrected chi connectivity index (χ2v) is 11.8. The fourth-order valence-corrected chi connectivity index (χ4v) is 7.63. The molecule has 1 N–H and O–H groups in total. The first-order valence-corrected chi connectivity index (χ1v) is 13.5. The van der Waals surface area contributed by atoms with E-state index < -0.39 is 32.3 Å². The molecule has 2 fully saturated rings. The maximum atomic E-state index is 15.2. The Morgan fingerprint density at radius 1 is 1.11 bits per heavy atom.